The fourth-order valence-corrected chi connectivity index (χ4v) is 3.90. The van der Waals surface area contributed by atoms with Crippen molar-refractivity contribution < 1.29 is 13.9 Å². The van der Waals surface area contributed by atoms with Gasteiger partial charge < -0.3 is 24.5 Å². The van der Waals surface area contributed by atoms with Gasteiger partial charge in [0.2, 0.25) is 6.79 Å². The van der Waals surface area contributed by atoms with Crippen molar-refractivity contribution in [3.05, 3.63) is 47.9 Å². The molecule has 2 aliphatic heterocycles. The lowest BCUT2D eigenvalue weighted by Gasteiger charge is -2.24. The Labute approximate surface area is 172 Å². The number of furan rings is 1. The van der Waals surface area contributed by atoms with E-state index < -0.39 is 0 Å². The number of fused-ring (bicyclic) bond motifs is 1. The second-order valence-corrected chi connectivity index (χ2v) is 7.41. The summed E-state index contributed by atoms with van der Waals surface area (Å²) in [6.45, 7) is 7.06. The first kappa shape index (κ1) is 19.6. The zero-order valence-electron chi connectivity index (χ0n) is 17.0. The van der Waals surface area contributed by atoms with Crippen LogP contribution < -0.4 is 20.1 Å². The van der Waals surface area contributed by atoms with Gasteiger partial charge in [0.1, 0.15) is 5.76 Å². The second kappa shape index (κ2) is 9.69. The lowest BCUT2D eigenvalue weighted by molar-refractivity contribution is 0.174. The zero-order chi connectivity index (χ0) is 19.9. The molecule has 1 fully saturated rings. The van der Waals surface area contributed by atoms with Crippen molar-refractivity contribution in [3.63, 3.8) is 0 Å². The van der Waals surface area contributed by atoms with E-state index in [2.05, 4.69) is 22.5 Å². The largest absolute Gasteiger partial charge is 0.469 e. The Hall–Kier alpha value is -2.67. The molecule has 0 spiro atoms. The van der Waals surface area contributed by atoms with Crippen molar-refractivity contribution in [3.8, 4) is 11.5 Å². The van der Waals surface area contributed by atoms with Crippen molar-refractivity contribution in [1.82, 2.24) is 15.5 Å². The highest BCUT2D eigenvalue weighted by molar-refractivity contribution is 5.79. The molecule has 1 atom stereocenters. The quantitative estimate of drug-likeness (QED) is 0.526. The number of nitrogens with zero attached hydrogens (tertiary/aromatic N) is 2. The normalized spacial score (nSPS) is 18.9. The van der Waals surface area contributed by atoms with Crippen molar-refractivity contribution in [1.29, 1.82) is 0 Å². The van der Waals surface area contributed by atoms with Gasteiger partial charge in [-0.3, -0.25) is 4.90 Å². The summed E-state index contributed by atoms with van der Waals surface area (Å²) in [5, 5.41) is 6.98. The molecule has 156 valence electrons. The predicted molar refractivity (Wildman–Crippen MR) is 112 cm³/mol. The molecule has 3 heterocycles. The van der Waals surface area contributed by atoms with E-state index in [-0.39, 0.29) is 0 Å². The van der Waals surface area contributed by atoms with Crippen LogP contribution in [-0.4, -0.2) is 49.9 Å². The summed E-state index contributed by atoms with van der Waals surface area (Å²) in [5.74, 6) is 3.40. The van der Waals surface area contributed by atoms with Gasteiger partial charge in [0.15, 0.2) is 17.5 Å². The van der Waals surface area contributed by atoms with Crippen LogP contribution >= 0.6 is 0 Å². The van der Waals surface area contributed by atoms with Crippen molar-refractivity contribution in [2.75, 3.05) is 33.0 Å². The molecule has 2 N–H and O–H groups in total. The number of hydrogen-bond donors (Lipinski definition) is 2. The van der Waals surface area contributed by atoms with Gasteiger partial charge in [-0.2, -0.15) is 0 Å². The van der Waals surface area contributed by atoms with Crippen molar-refractivity contribution in [2.24, 2.45) is 4.99 Å². The van der Waals surface area contributed by atoms with Gasteiger partial charge in [-0.15, -0.1) is 0 Å². The van der Waals surface area contributed by atoms with Gasteiger partial charge in [0.05, 0.1) is 12.8 Å². The summed E-state index contributed by atoms with van der Waals surface area (Å²) in [6, 6.07) is 10.5. The van der Waals surface area contributed by atoms with Crippen molar-refractivity contribution in [2.45, 2.75) is 38.8 Å². The van der Waals surface area contributed by atoms with Crippen LogP contribution in [0.4, 0.5) is 0 Å². The molecule has 0 bridgehead atoms. The fourth-order valence-electron chi connectivity index (χ4n) is 3.90. The summed E-state index contributed by atoms with van der Waals surface area (Å²) in [5.41, 5.74) is 1.09. The summed E-state index contributed by atoms with van der Waals surface area (Å²) in [4.78, 5) is 7.33. The molecule has 7 heteroatoms. The van der Waals surface area contributed by atoms with Gasteiger partial charge >= 0.3 is 0 Å². The van der Waals surface area contributed by atoms with E-state index in [1.807, 2.05) is 30.3 Å². The molecule has 0 radical (unpaired) electrons. The number of ether oxygens (including phenoxy) is 2. The molecule has 1 aromatic carbocycles. The van der Waals surface area contributed by atoms with Crippen LogP contribution in [0.5, 0.6) is 11.5 Å². The van der Waals surface area contributed by atoms with E-state index in [0.717, 1.165) is 54.8 Å². The van der Waals surface area contributed by atoms with Gasteiger partial charge in [-0.1, -0.05) is 13.0 Å². The van der Waals surface area contributed by atoms with Gasteiger partial charge in [0.25, 0.3) is 0 Å². The third-order valence-electron chi connectivity index (χ3n) is 5.51. The van der Waals surface area contributed by atoms with Crippen LogP contribution in [0.3, 0.4) is 0 Å². The Bertz CT molecular complexity index is 806. The van der Waals surface area contributed by atoms with Crippen LogP contribution in [0.2, 0.25) is 0 Å². The SMILES string of the molecule is CCN1CCCC1CNC(=NCc1ccc2c(c1)OCO2)NCCc1ccco1. The molecule has 7 nitrogen and oxygen atoms in total. The molecule has 0 amide bonds. The smallest absolute Gasteiger partial charge is 0.231 e. The maximum atomic E-state index is 5.47. The van der Waals surface area contributed by atoms with Crippen LogP contribution in [-0.2, 0) is 13.0 Å². The number of nitrogens with one attached hydrogen (secondary N) is 2. The van der Waals surface area contributed by atoms with Crippen LogP contribution in [0, 0.1) is 0 Å². The van der Waals surface area contributed by atoms with Crippen LogP contribution in [0.15, 0.2) is 46.0 Å². The molecule has 1 unspecified atom stereocenters. The first-order chi connectivity index (χ1) is 14.3. The Kier molecular flexibility index (Phi) is 6.56. The third-order valence-corrected chi connectivity index (χ3v) is 5.51. The van der Waals surface area contributed by atoms with E-state index in [0.29, 0.717) is 19.4 Å². The lowest BCUT2D eigenvalue weighted by atomic mass is 10.2. The average molecular weight is 399 g/mol. The highest BCUT2D eigenvalue weighted by Crippen LogP contribution is 2.32. The monoisotopic (exact) mass is 398 g/mol. The van der Waals surface area contributed by atoms with Crippen LogP contribution in [0.1, 0.15) is 31.1 Å². The average Bonchev–Trinajstić information content (AvgIpc) is 3.50. The first-order valence-corrected chi connectivity index (χ1v) is 10.5. The van der Waals surface area contributed by atoms with E-state index in [9.17, 15) is 0 Å². The predicted octanol–water partition coefficient (Wildman–Crippen LogP) is 2.77. The summed E-state index contributed by atoms with van der Waals surface area (Å²) in [7, 11) is 0. The lowest BCUT2D eigenvalue weighted by Crippen LogP contribution is -2.45. The van der Waals surface area contributed by atoms with E-state index >= 15 is 0 Å². The standard InChI is InChI=1S/C22H30N4O3/c1-2-26-11-3-5-18(26)15-25-22(23-10-9-19-6-4-12-27-19)24-14-17-7-8-20-21(13-17)29-16-28-20/h4,6-8,12-13,18H,2-3,5,9-11,14-16H2,1H3,(H2,23,24,25). The third kappa shape index (κ3) is 5.23. The molecular weight excluding hydrogens is 368 g/mol. The highest BCUT2D eigenvalue weighted by atomic mass is 16.7. The number of hydrogen-bond acceptors (Lipinski definition) is 5. The fraction of sp³-hybridized carbons (Fsp3) is 0.500. The zero-order valence-corrected chi connectivity index (χ0v) is 17.0. The highest BCUT2D eigenvalue weighted by Gasteiger charge is 2.22. The Morgan fingerprint density at radius 2 is 2.14 bits per heavy atom. The second-order valence-electron chi connectivity index (χ2n) is 7.41. The van der Waals surface area contributed by atoms with E-state index in [1.54, 1.807) is 6.26 Å². The topological polar surface area (TPSA) is 71.3 Å². The Morgan fingerprint density at radius 3 is 3.00 bits per heavy atom. The molecule has 2 aromatic rings. The van der Waals surface area contributed by atoms with Gasteiger partial charge in [-0.25, -0.2) is 4.99 Å². The maximum Gasteiger partial charge on any atom is 0.231 e. The minimum Gasteiger partial charge on any atom is -0.469 e. The number of guanidine groups is 1. The van der Waals surface area contributed by atoms with Gasteiger partial charge in [-0.05, 0) is 55.8 Å². The molecular formula is C22H30N4O3. The molecule has 0 aliphatic carbocycles. The molecule has 1 saturated heterocycles. The molecule has 29 heavy (non-hydrogen) atoms. The first-order valence-electron chi connectivity index (χ1n) is 10.5. The molecule has 2 aliphatic rings. The Morgan fingerprint density at radius 1 is 1.21 bits per heavy atom. The number of aliphatic imine (C=N–C) groups is 1. The Balaban J connectivity index is 1.36. The number of likely N-dealkylation sites (tertiary alicyclic amines) is 1. The number of rotatable bonds is 8. The summed E-state index contributed by atoms with van der Waals surface area (Å²) >= 11 is 0. The van der Waals surface area contributed by atoms with E-state index in [1.165, 1.54) is 19.4 Å². The maximum absolute atomic E-state index is 5.47. The minimum atomic E-state index is 0.290. The number of likely N-dealkylation sites (N-methyl/N-ethyl adjacent to an activating group) is 1. The summed E-state index contributed by atoms with van der Waals surface area (Å²) in [6.07, 6.45) is 5.04. The molecule has 4 rings (SSSR count). The van der Waals surface area contributed by atoms with E-state index in [4.69, 9.17) is 18.9 Å². The number of benzene rings is 1. The van der Waals surface area contributed by atoms with Gasteiger partial charge in [0, 0.05) is 25.6 Å². The van der Waals surface area contributed by atoms with Crippen LogP contribution in [0.25, 0.3) is 0 Å². The summed E-state index contributed by atoms with van der Waals surface area (Å²) < 4.78 is 16.3. The van der Waals surface area contributed by atoms with Crippen molar-refractivity contribution >= 4 is 5.96 Å². The molecule has 0 saturated carbocycles. The molecule has 1 aromatic heterocycles. The minimum absolute atomic E-state index is 0.290.